The molecule has 8 heteroatoms. The van der Waals surface area contributed by atoms with E-state index in [-0.39, 0.29) is 12.0 Å². The minimum atomic E-state index is -0.886. The van der Waals surface area contributed by atoms with Crippen LogP contribution in [0.3, 0.4) is 0 Å². The zero-order valence-corrected chi connectivity index (χ0v) is 16.2. The fourth-order valence-electron chi connectivity index (χ4n) is 3.32. The van der Waals surface area contributed by atoms with Crippen molar-refractivity contribution in [2.45, 2.75) is 31.8 Å². The molecule has 1 aliphatic heterocycles. The molecule has 1 aromatic heterocycles. The molecular formula is C19H19Cl2N3O3. The second kappa shape index (κ2) is 7.64. The van der Waals surface area contributed by atoms with E-state index in [0.29, 0.717) is 41.1 Å². The second-order valence-electron chi connectivity index (χ2n) is 6.62. The van der Waals surface area contributed by atoms with Gasteiger partial charge >= 0.3 is 0 Å². The van der Waals surface area contributed by atoms with Crippen LogP contribution in [0.15, 0.2) is 59.9 Å². The lowest BCUT2D eigenvalue weighted by atomic mass is 9.90. The van der Waals surface area contributed by atoms with Crippen molar-refractivity contribution in [3.05, 3.63) is 64.9 Å². The maximum Gasteiger partial charge on any atom is 0.196 e. The summed E-state index contributed by atoms with van der Waals surface area (Å²) in [7, 11) is 0. The van der Waals surface area contributed by atoms with Crippen molar-refractivity contribution in [2.24, 2.45) is 5.92 Å². The van der Waals surface area contributed by atoms with Gasteiger partial charge in [-0.2, -0.15) is 5.10 Å². The van der Waals surface area contributed by atoms with E-state index in [1.54, 1.807) is 23.1 Å². The Kier molecular flexibility index (Phi) is 5.23. The second-order valence-corrected chi connectivity index (χ2v) is 7.50. The number of nitrogens with zero attached hydrogens (tertiary/aromatic N) is 3. The van der Waals surface area contributed by atoms with Gasteiger partial charge in [-0.05, 0) is 49.8 Å². The van der Waals surface area contributed by atoms with E-state index < -0.39 is 5.79 Å². The summed E-state index contributed by atoms with van der Waals surface area (Å²) < 4.78 is 19.8. The van der Waals surface area contributed by atoms with Crippen molar-refractivity contribution >= 4 is 23.2 Å². The first-order valence-electron chi connectivity index (χ1n) is 8.69. The molecule has 0 amide bonds. The number of allylic oxidation sites excluding steroid dienone is 2. The average Bonchev–Trinajstić information content (AvgIpc) is 3.28. The topological polar surface area (TPSA) is 58.4 Å². The molecular weight excluding hydrogens is 389 g/mol. The summed E-state index contributed by atoms with van der Waals surface area (Å²) in [5.74, 6) is 0.332. The van der Waals surface area contributed by atoms with Gasteiger partial charge in [0.15, 0.2) is 5.79 Å². The van der Waals surface area contributed by atoms with Gasteiger partial charge in [-0.1, -0.05) is 23.2 Å². The molecule has 1 saturated heterocycles. The van der Waals surface area contributed by atoms with Crippen LogP contribution in [0.1, 0.15) is 13.3 Å². The van der Waals surface area contributed by atoms with Crippen LogP contribution in [-0.4, -0.2) is 33.3 Å². The lowest BCUT2D eigenvalue weighted by Gasteiger charge is -2.36. The number of ether oxygens (including phenoxy) is 3. The van der Waals surface area contributed by atoms with E-state index in [1.165, 1.54) is 6.33 Å². The van der Waals surface area contributed by atoms with Gasteiger partial charge in [0, 0.05) is 10.1 Å². The molecule has 3 atom stereocenters. The van der Waals surface area contributed by atoms with Crippen molar-refractivity contribution < 1.29 is 14.2 Å². The monoisotopic (exact) mass is 407 g/mol. The van der Waals surface area contributed by atoms with E-state index in [9.17, 15) is 0 Å². The first kappa shape index (κ1) is 18.5. The highest BCUT2D eigenvalue weighted by Gasteiger charge is 2.49. The molecule has 2 aromatic rings. The number of halogens is 2. The molecule has 0 N–H and O–H groups in total. The lowest BCUT2D eigenvalue weighted by molar-refractivity contribution is -0.204. The fraction of sp³-hybridized carbons (Fsp3) is 0.368. The largest absolute Gasteiger partial charge is 0.458 e. The Bertz CT molecular complexity index is 852. The van der Waals surface area contributed by atoms with Crippen molar-refractivity contribution in [1.82, 2.24) is 14.8 Å². The molecule has 1 fully saturated rings. The molecule has 27 heavy (non-hydrogen) atoms. The SMILES string of the molecule is C[C@H]1CO[C@](Cn2cncn2)([C@H]2CC=C(Oc3ccc(Cl)cc3)C=C2Cl)O1. The first-order valence-corrected chi connectivity index (χ1v) is 9.44. The zero-order valence-electron chi connectivity index (χ0n) is 14.7. The Morgan fingerprint density at radius 3 is 2.74 bits per heavy atom. The van der Waals surface area contributed by atoms with Crippen LogP contribution in [0, 0.1) is 5.92 Å². The van der Waals surface area contributed by atoms with E-state index in [2.05, 4.69) is 10.1 Å². The minimum Gasteiger partial charge on any atom is -0.458 e. The van der Waals surface area contributed by atoms with Gasteiger partial charge in [0.05, 0.1) is 25.2 Å². The molecule has 1 aliphatic carbocycles. The van der Waals surface area contributed by atoms with Gasteiger partial charge in [-0.3, -0.25) is 0 Å². The van der Waals surface area contributed by atoms with E-state index in [0.717, 1.165) is 0 Å². The van der Waals surface area contributed by atoms with Gasteiger partial charge in [0.25, 0.3) is 0 Å². The Hall–Kier alpha value is -1.86. The van der Waals surface area contributed by atoms with Gasteiger partial charge < -0.3 is 14.2 Å². The molecule has 6 nitrogen and oxygen atoms in total. The molecule has 1 aromatic carbocycles. The Labute approximate surface area is 167 Å². The van der Waals surface area contributed by atoms with Crippen molar-refractivity contribution in [3.8, 4) is 5.75 Å². The highest BCUT2D eigenvalue weighted by atomic mass is 35.5. The van der Waals surface area contributed by atoms with Gasteiger partial charge in [-0.15, -0.1) is 0 Å². The van der Waals surface area contributed by atoms with Gasteiger partial charge in [0.2, 0.25) is 0 Å². The predicted octanol–water partition coefficient (Wildman–Crippen LogP) is 4.17. The van der Waals surface area contributed by atoms with E-state index in [1.807, 2.05) is 31.2 Å². The van der Waals surface area contributed by atoms with Crippen molar-refractivity contribution in [3.63, 3.8) is 0 Å². The summed E-state index contributed by atoms with van der Waals surface area (Å²) >= 11 is 12.6. The van der Waals surface area contributed by atoms with Gasteiger partial charge in [0.1, 0.15) is 24.2 Å². The average molecular weight is 408 g/mol. The molecule has 0 saturated carbocycles. The van der Waals surface area contributed by atoms with Crippen molar-refractivity contribution in [1.29, 1.82) is 0 Å². The summed E-state index contributed by atoms with van der Waals surface area (Å²) in [5, 5.41) is 5.46. The summed E-state index contributed by atoms with van der Waals surface area (Å²) in [6.45, 7) is 2.90. The summed E-state index contributed by atoms with van der Waals surface area (Å²) in [6, 6.07) is 7.19. The third kappa shape index (κ3) is 4.04. The van der Waals surface area contributed by atoms with Crippen LogP contribution in [0.4, 0.5) is 0 Å². The number of hydrogen-bond acceptors (Lipinski definition) is 5. The molecule has 4 rings (SSSR count). The summed E-state index contributed by atoms with van der Waals surface area (Å²) in [4.78, 5) is 4.00. The number of hydrogen-bond donors (Lipinski definition) is 0. The maximum absolute atomic E-state index is 6.64. The maximum atomic E-state index is 6.64. The highest BCUT2D eigenvalue weighted by Crippen LogP contribution is 2.43. The summed E-state index contributed by atoms with van der Waals surface area (Å²) in [5.41, 5.74) is 0. The molecule has 0 bridgehead atoms. The molecule has 0 spiro atoms. The first-order chi connectivity index (χ1) is 13.0. The Morgan fingerprint density at radius 2 is 2.11 bits per heavy atom. The molecule has 2 aliphatic rings. The third-order valence-electron chi connectivity index (χ3n) is 4.56. The Morgan fingerprint density at radius 1 is 1.30 bits per heavy atom. The molecule has 142 valence electrons. The lowest BCUT2D eigenvalue weighted by Crippen LogP contribution is -2.44. The Balaban J connectivity index is 1.52. The van der Waals surface area contributed by atoms with Crippen LogP contribution in [0.2, 0.25) is 5.02 Å². The van der Waals surface area contributed by atoms with Crippen LogP contribution in [0.5, 0.6) is 5.75 Å². The standard InChI is InChI=1S/C19H19Cl2N3O3/c1-13-9-25-19(27-13,10-24-12-22-11-23-24)17-7-6-16(8-18(17)21)26-15-4-2-14(20)3-5-15/h2-6,8,11-13,17H,7,9-10H2,1H3/t13-,17-,19-/m0/s1. The van der Waals surface area contributed by atoms with Crippen LogP contribution < -0.4 is 4.74 Å². The minimum absolute atomic E-state index is 0.0197. The quantitative estimate of drug-likeness (QED) is 0.744. The van der Waals surface area contributed by atoms with Crippen molar-refractivity contribution in [2.75, 3.05) is 6.61 Å². The number of rotatable bonds is 5. The van der Waals surface area contributed by atoms with E-state index >= 15 is 0 Å². The molecule has 0 radical (unpaired) electrons. The third-order valence-corrected chi connectivity index (χ3v) is 5.18. The van der Waals surface area contributed by atoms with E-state index in [4.69, 9.17) is 37.4 Å². The van der Waals surface area contributed by atoms with Gasteiger partial charge in [-0.25, -0.2) is 9.67 Å². The molecule has 2 heterocycles. The smallest absolute Gasteiger partial charge is 0.196 e. The number of aromatic nitrogens is 3. The predicted molar refractivity (Wildman–Crippen MR) is 101 cm³/mol. The zero-order chi connectivity index (χ0) is 18.9. The fourth-order valence-corrected chi connectivity index (χ4v) is 3.81. The van der Waals surface area contributed by atoms with Crippen LogP contribution >= 0.6 is 23.2 Å². The number of benzene rings is 1. The normalized spacial score (nSPS) is 28.0. The highest BCUT2D eigenvalue weighted by molar-refractivity contribution is 6.30. The summed E-state index contributed by atoms with van der Waals surface area (Å²) in [6.07, 6.45) is 7.53. The van der Waals surface area contributed by atoms with Crippen LogP contribution in [-0.2, 0) is 16.0 Å². The van der Waals surface area contributed by atoms with Crippen LogP contribution in [0.25, 0.3) is 0 Å². The molecule has 0 unspecified atom stereocenters.